The number of nitrogens with two attached hydrogens (primary N) is 1. The van der Waals surface area contributed by atoms with Crippen molar-refractivity contribution < 1.29 is 0 Å². The first-order valence-corrected chi connectivity index (χ1v) is 6.61. The fourth-order valence-corrected chi connectivity index (χ4v) is 3.16. The summed E-state index contributed by atoms with van der Waals surface area (Å²) >= 11 is 0. The summed E-state index contributed by atoms with van der Waals surface area (Å²) in [6.45, 7) is 0.708. The van der Waals surface area contributed by atoms with E-state index < -0.39 is 0 Å². The summed E-state index contributed by atoms with van der Waals surface area (Å²) in [6.07, 6.45) is 6.91. The Morgan fingerprint density at radius 3 is 3.16 bits per heavy atom. The number of H-pyrrole nitrogens is 1. The highest BCUT2D eigenvalue weighted by Gasteiger charge is 2.31. The first-order chi connectivity index (χ1) is 9.38. The summed E-state index contributed by atoms with van der Waals surface area (Å²) in [4.78, 5) is 11.5. The minimum Gasteiger partial charge on any atom is -0.340 e. The molecule has 0 bridgehead atoms. The van der Waals surface area contributed by atoms with Crippen molar-refractivity contribution >= 4 is 16.8 Å². The zero-order chi connectivity index (χ0) is 12.8. The van der Waals surface area contributed by atoms with Crippen molar-refractivity contribution in [1.82, 2.24) is 29.5 Å². The molecule has 3 heterocycles. The first-order valence-electron chi connectivity index (χ1n) is 6.61. The zero-order valence-corrected chi connectivity index (χ0v) is 10.5. The number of imidazole rings is 1. The number of nitrogens with zero attached hydrogens (tertiary/aromatic N) is 5. The van der Waals surface area contributed by atoms with E-state index in [1.165, 1.54) is 12.8 Å². The van der Waals surface area contributed by atoms with E-state index in [0.717, 1.165) is 23.4 Å². The summed E-state index contributed by atoms with van der Waals surface area (Å²) in [5.74, 6) is 1.87. The number of aromatic nitrogens is 6. The van der Waals surface area contributed by atoms with Gasteiger partial charge in [-0.25, -0.2) is 9.97 Å². The van der Waals surface area contributed by atoms with Gasteiger partial charge in [0.25, 0.3) is 0 Å². The number of hydrogen-bond donors (Lipinski definition) is 2. The Hall–Kier alpha value is -2.02. The molecule has 98 valence electrons. The van der Waals surface area contributed by atoms with Crippen molar-refractivity contribution in [2.75, 3.05) is 6.54 Å². The van der Waals surface area contributed by atoms with E-state index in [1.807, 2.05) is 4.40 Å². The summed E-state index contributed by atoms with van der Waals surface area (Å²) in [6, 6.07) is 0. The van der Waals surface area contributed by atoms with Crippen molar-refractivity contribution in [3.05, 3.63) is 18.5 Å². The van der Waals surface area contributed by atoms with Gasteiger partial charge >= 0.3 is 0 Å². The minimum absolute atomic E-state index is 0.391. The predicted octanol–water partition coefficient (Wildman–Crippen LogP) is 0.843. The van der Waals surface area contributed by atoms with Crippen molar-refractivity contribution in [2.45, 2.75) is 25.2 Å². The molecule has 3 aromatic rings. The van der Waals surface area contributed by atoms with Gasteiger partial charge in [0.15, 0.2) is 11.3 Å². The van der Waals surface area contributed by atoms with Gasteiger partial charge in [0.2, 0.25) is 0 Å². The highest BCUT2D eigenvalue weighted by molar-refractivity contribution is 5.84. The van der Waals surface area contributed by atoms with Crippen LogP contribution in [0.15, 0.2) is 12.7 Å². The molecule has 2 unspecified atom stereocenters. The molecule has 3 aromatic heterocycles. The number of aromatic amines is 1. The lowest BCUT2D eigenvalue weighted by Gasteiger charge is -2.15. The van der Waals surface area contributed by atoms with E-state index >= 15 is 0 Å². The maximum Gasteiger partial charge on any atom is 0.189 e. The fraction of sp³-hybridized carbons (Fsp3) is 0.500. The zero-order valence-electron chi connectivity index (χ0n) is 10.5. The number of fused-ring (bicyclic) bond motifs is 3. The van der Waals surface area contributed by atoms with Gasteiger partial charge in [0.1, 0.15) is 17.7 Å². The van der Waals surface area contributed by atoms with Crippen LogP contribution in [0.5, 0.6) is 0 Å². The monoisotopic (exact) mass is 257 g/mol. The predicted molar refractivity (Wildman–Crippen MR) is 69.6 cm³/mol. The Morgan fingerprint density at radius 1 is 1.32 bits per heavy atom. The Labute approximate surface area is 109 Å². The Kier molecular flexibility index (Phi) is 2.28. The minimum atomic E-state index is 0.391. The lowest BCUT2D eigenvalue weighted by atomic mass is 9.95. The normalized spacial score (nSPS) is 23.6. The highest BCUT2D eigenvalue weighted by Crippen LogP contribution is 2.38. The number of hydrogen-bond acceptors (Lipinski definition) is 5. The summed E-state index contributed by atoms with van der Waals surface area (Å²) in [7, 11) is 0. The molecule has 19 heavy (non-hydrogen) atoms. The van der Waals surface area contributed by atoms with Crippen LogP contribution in [0.3, 0.4) is 0 Å². The second-order valence-electron chi connectivity index (χ2n) is 5.13. The second-order valence-corrected chi connectivity index (χ2v) is 5.13. The smallest absolute Gasteiger partial charge is 0.189 e. The third-order valence-electron chi connectivity index (χ3n) is 4.15. The molecule has 3 N–H and O–H groups in total. The SMILES string of the molecule is NCC1CCCC1c1nnc2c3[nH]cnc3ncn12. The fourth-order valence-electron chi connectivity index (χ4n) is 3.16. The molecule has 1 aliphatic rings. The lowest BCUT2D eigenvalue weighted by Crippen LogP contribution is -2.19. The van der Waals surface area contributed by atoms with Crippen LogP contribution in [0.2, 0.25) is 0 Å². The van der Waals surface area contributed by atoms with Gasteiger partial charge in [-0.15, -0.1) is 10.2 Å². The molecular weight excluding hydrogens is 242 g/mol. The maximum atomic E-state index is 5.86. The van der Waals surface area contributed by atoms with Crippen molar-refractivity contribution in [1.29, 1.82) is 0 Å². The molecule has 0 aromatic carbocycles. The average molecular weight is 257 g/mol. The Bertz CT molecular complexity index is 728. The molecule has 4 rings (SSSR count). The topological polar surface area (TPSA) is 97.8 Å². The molecule has 2 atom stereocenters. The van der Waals surface area contributed by atoms with Crippen LogP contribution < -0.4 is 5.73 Å². The van der Waals surface area contributed by atoms with Crippen molar-refractivity contribution in [3.8, 4) is 0 Å². The van der Waals surface area contributed by atoms with E-state index in [9.17, 15) is 0 Å². The summed E-state index contributed by atoms with van der Waals surface area (Å²) in [5, 5.41) is 8.67. The lowest BCUT2D eigenvalue weighted by molar-refractivity contribution is 0.474. The van der Waals surface area contributed by atoms with Crippen molar-refractivity contribution in [2.24, 2.45) is 11.7 Å². The van der Waals surface area contributed by atoms with Gasteiger partial charge in [-0.05, 0) is 25.3 Å². The molecule has 1 aliphatic carbocycles. The standard InChI is InChI=1S/C12H15N7/c13-4-7-2-1-3-8(7)11-17-18-12-9-10(15-5-14-9)16-6-19(11)12/h5-8H,1-4,13H2,(H,14,15). The van der Waals surface area contributed by atoms with E-state index in [0.29, 0.717) is 24.0 Å². The van der Waals surface area contributed by atoms with Crippen LogP contribution in [-0.4, -0.2) is 36.1 Å². The quantitative estimate of drug-likeness (QED) is 0.709. The van der Waals surface area contributed by atoms with E-state index in [-0.39, 0.29) is 0 Å². The molecule has 0 aliphatic heterocycles. The Morgan fingerprint density at radius 2 is 2.26 bits per heavy atom. The van der Waals surface area contributed by atoms with Crippen LogP contribution >= 0.6 is 0 Å². The third-order valence-corrected chi connectivity index (χ3v) is 4.15. The van der Waals surface area contributed by atoms with E-state index in [4.69, 9.17) is 5.73 Å². The van der Waals surface area contributed by atoms with Crippen molar-refractivity contribution in [3.63, 3.8) is 0 Å². The number of nitrogens with one attached hydrogen (secondary N) is 1. The highest BCUT2D eigenvalue weighted by atomic mass is 15.3. The van der Waals surface area contributed by atoms with Gasteiger partial charge < -0.3 is 10.7 Å². The van der Waals surface area contributed by atoms with Gasteiger partial charge in [-0.2, -0.15) is 0 Å². The largest absolute Gasteiger partial charge is 0.340 e. The van der Waals surface area contributed by atoms with Crippen LogP contribution in [0.1, 0.15) is 31.0 Å². The maximum absolute atomic E-state index is 5.86. The average Bonchev–Trinajstić information content (AvgIpc) is 3.15. The second kappa shape index (κ2) is 3.99. The van der Waals surface area contributed by atoms with Crippen LogP contribution in [0, 0.1) is 5.92 Å². The van der Waals surface area contributed by atoms with Crippen LogP contribution in [-0.2, 0) is 0 Å². The van der Waals surface area contributed by atoms with Crippen LogP contribution in [0.25, 0.3) is 16.8 Å². The third kappa shape index (κ3) is 1.48. The molecule has 1 saturated carbocycles. The van der Waals surface area contributed by atoms with Crippen LogP contribution in [0.4, 0.5) is 0 Å². The summed E-state index contributed by atoms with van der Waals surface area (Å²) in [5.41, 5.74) is 8.16. The van der Waals surface area contributed by atoms with Gasteiger partial charge in [-0.1, -0.05) is 6.42 Å². The molecule has 7 heteroatoms. The summed E-state index contributed by atoms with van der Waals surface area (Å²) < 4.78 is 1.97. The van der Waals surface area contributed by atoms with E-state index in [1.54, 1.807) is 12.7 Å². The molecule has 0 radical (unpaired) electrons. The van der Waals surface area contributed by atoms with E-state index in [2.05, 4.69) is 25.1 Å². The Balaban J connectivity index is 1.91. The number of rotatable bonds is 2. The molecule has 7 nitrogen and oxygen atoms in total. The first kappa shape index (κ1) is 10.9. The molecular formula is C12H15N7. The van der Waals surface area contributed by atoms with Gasteiger partial charge in [0.05, 0.1) is 6.33 Å². The molecule has 1 fully saturated rings. The molecule has 0 spiro atoms. The van der Waals surface area contributed by atoms with Gasteiger partial charge in [-0.3, -0.25) is 4.40 Å². The molecule has 0 saturated heterocycles. The molecule has 0 amide bonds. The van der Waals surface area contributed by atoms with Gasteiger partial charge in [0, 0.05) is 5.92 Å².